The Bertz CT molecular complexity index is 543. The first kappa shape index (κ1) is 16.2. The highest BCUT2D eigenvalue weighted by Crippen LogP contribution is 2.29. The molecule has 1 aliphatic rings. The Morgan fingerprint density at radius 2 is 2.18 bits per heavy atom. The summed E-state index contributed by atoms with van der Waals surface area (Å²) in [5.41, 5.74) is -0.0166. The summed E-state index contributed by atoms with van der Waals surface area (Å²) in [6.45, 7) is 5.65. The minimum Gasteiger partial charge on any atom is -0.492 e. The van der Waals surface area contributed by atoms with E-state index in [1.165, 1.54) is 19.1 Å². The number of carbonyl (C=O) groups is 1. The first-order chi connectivity index (χ1) is 10.6. The molecule has 1 saturated heterocycles. The van der Waals surface area contributed by atoms with Gasteiger partial charge in [-0.15, -0.1) is 0 Å². The molecule has 8 heteroatoms. The number of nitrogens with zero attached hydrogens (tertiary/aromatic N) is 2. The van der Waals surface area contributed by atoms with Crippen LogP contribution in [0, 0.1) is 10.1 Å². The van der Waals surface area contributed by atoms with Crippen molar-refractivity contribution in [1.29, 1.82) is 0 Å². The molecule has 2 rings (SSSR count). The maximum absolute atomic E-state index is 11.1. The second kappa shape index (κ2) is 7.71. The van der Waals surface area contributed by atoms with Crippen LogP contribution in [0.1, 0.15) is 6.92 Å². The van der Waals surface area contributed by atoms with Crippen LogP contribution in [0.25, 0.3) is 0 Å². The lowest BCUT2D eigenvalue weighted by Crippen LogP contribution is -2.38. The zero-order valence-corrected chi connectivity index (χ0v) is 12.4. The van der Waals surface area contributed by atoms with Gasteiger partial charge >= 0.3 is 0 Å². The number of morpholine rings is 1. The summed E-state index contributed by atoms with van der Waals surface area (Å²) in [4.78, 5) is 23.8. The van der Waals surface area contributed by atoms with E-state index in [9.17, 15) is 14.9 Å². The quantitative estimate of drug-likeness (QED) is 0.628. The number of benzene rings is 1. The van der Waals surface area contributed by atoms with Crippen LogP contribution in [0.5, 0.6) is 5.75 Å². The lowest BCUT2D eigenvalue weighted by atomic mass is 10.2. The largest absolute Gasteiger partial charge is 0.492 e. The molecule has 0 unspecified atom stereocenters. The molecule has 1 aliphatic heterocycles. The van der Waals surface area contributed by atoms with Crippen molar-refractivity contribution < 1.29 is 19.2 Å². The van der Waals surface area contributed by atoms with Crippen molar-refractivity contribution >= 4 is 17.3 Å². The summed E-state index contributed by atoms with van der Waals surface area (Å²) < 4.78 is 10.8. The molecule has 0 radical (unpaired) electrons. The van der Waals surface area contributed by atoms with E-state index in [-0.39, 0.29) is 17.3 Å². The molecular weight excluding hydrogens is 290 g/mol. The van der Waals surface area contributed by atoms with E-state index in [1.54, 1.807) is 6.07 Å². The first-order valence-corrected chi connectivity index (χ1v) is 7.05. The van der Waals surface area contributed by atoms with Gasteiger partial charge in [0.15, 0.2) is 0 Å². The van der Waals surface area contributed by atoms with E-state index in [0.717, 1.165) is 32.8 Å². The molecule has 1 amide bonds. The smallest absolute Gasteiger partial charge is 0.296 e. The number of rotatable bonds is 6. The average molecular weight is 309 g/mol. The third kappa shape index (κ3) is 4.68. The summed E-state index contributed by atoms with van der Waals surface area (Å²) in [7, 11) is 0. The summed E-state index contributed by atoms with van der Waals surface area (Å²) in [5.74, 6) is 0.0538. The van der Waals surface area contributed by atoms with Gasteiger partial charge in [-0.2, -0.15) is 0 Å². The van der Waals surface area contributed by atoms with E-state index in [2.05, 4.69) is 10.2 Å². The number of hydrogen-bond acceptors (Lipinski definition) is 6. The van der Waals surface area contributed by atoms with Gasteiger partial charge in [0.2, 0.25) is 5.91 Å². The molecule has 0 bridgehead atoms. The summed E-state index contributed by atoms with van der Waals surface area (Å²) in [5, 5.41) is 13.5. The van der Waals surface area contributed by atoms with Crippen LogP contribution in [0.4, 0.5) is 11.4 Å². The minimum atomic E-state index is -0.542. The van der Waals surface area contributed by atoms with E-state index in [0.29, 0.717) is 12.4 Å². The molecule has 1 fully saturated rings. The summed E-state index contributed by atoms with van der Waals surface area (Å²) in [6, 6.07) is 4.41. The van der Waals surface area contributed by atoms with Crippen molar-refractivity contribution in [3.63, 3.8) is 0 Å². The van der Waals surface area contributed by atoms with Crippen LogP contribution in [0.2, 0.25) is 0 Å². The van der Waals surface area contributed by atoms with E-state index < -0.39 is 4.92 Å². The first-order valence-electron chi connectivity index (χ1n) is 7.05. The lowest BCUT2D eigenvalue weighted by molar-refractivity contribution is -0.384. The summed E-state index contributed by atoms with van der Waals surface area (Å²) in [6.07, 6.45) is 0. The Morgan fingerprint density at radius 1 is 1.45 bits per heavy atom. The Balaban J connectivity index is 1.94. The molecule has 0 aliphatic carbocycles. The molecule has 0 saturated carbocycles. The Hall–Kier alpha value is -2.19. The number of carbonyl (C=O) groups excluding carboxylic acids is 1. The average Bonchev–Trinajstić information content (AvgIpc) is 2.49. The normalized spacial score (nSPS) is 15.3. The molecule has 0 spiro atoms. The molecule has 1 aromatic carbocycles. The van der Waals surface area contributed by atoms with Crippen LogP contribution in [0.3, 0.4) is 0 Å². The van der Waals surface area contributed by atoms with E-state index in [1.807, 2.05) is 0 Å². The molecule has 1 aromatic rings. The number of amides is 1. The van der Waals surface area contributed by atoms with Crippen LogP contribution in [0.15, 0.2) is 18.2 Å². The molecular formula is C14H19N3O5. The molecule has 1 N–H and O–H groups in total. The highest BCUT2D eigenvalue weighted by molar-refractivity contribution is 5.91. The molecule has 120 valence electrons. The Kier molecular flexibility index (Phi) is 5.68. The molecule has 8 nitrogen and oxygen atoms in total. The second-order valence-corrected chi connectivity index (χ2v) is 4.92. The van der Waals surface area contributed by atoms with Gasteiger partial charge < -0.3 is 14.8 Å². The SMILES string of the molecule is CC(=O)Nc1ccc(OCCN2CCOCC2)cc1[N+](=O)[O-]. The fourth-order valence-corrected chi connectivity index (χ4v) is 2.17. The maximum atomic E-state index is 11.1. The second-order valence-electron chi connectivity index (χ2n) is 4.92. The van der Waals surface area contributed by atoms with Crippen LogP contribution in [-0.2, 0) is 9.53 Å². The number of nitro groups is 1. The van der Waals surface area contributed by atoms with Crippen LogP contribution < -0.4 is 10.1 Å². The zero-order chi connectivity index (χ0) is 15.9. The zero-order valence-electron chi connectivity index (χ0n) is 12.4. The molecule has 22 heavy (non-hydrogen) atoms. The number of nitrogens with one attached hydrogen (secondary N) is 1. The number of hydrogen-bond donors (Lipinski definition) is 1. The Morgan fingerprint density at radius 3 is 2.82 bits per heavy atom. The number of anilines is 1. The van der Waals surface area contributed by atoms with Gasteiger partial charge in [-0.1, -0.05) is 0 Å². The minimum absolute atomic E-state index is 0.165. The molecule has 0 aromatic heterocycles. The van der Waals surface area contributed by atoms with Gasteiger partial charge in [0.1, 0.15) is 18.0 Å². The predicted molar refractivity (Wildman–Crippen MR) is 80.2 cm³/mol. The van der Waals surface area contributed by atoms with Crippen molar-refractivity contribution in [2.45, 2.75) is 6.92 Å². The summed E-state index contributed by atoms with van der Waals surface area (Å²) >= 11 is 0. The van der Waals surface area contributed by atoms with Crippen LogP contribution in [-0.4, -0.2) is 55.2 Å². The standard InChI is InChI=1S/C14H19N3O5/c1-11(18)15-13-3-2-12(10-14(13)17(19)20)22-9-6-16-4-7-21-8-5-16/h2-3,10H,4-9H2,1H3,(H,15,18). The van der Waals surface area contributed by atoms with E-state index in [4.69, 9.17) is 9.47 Å². The van der Waals surface area contributed by atoms with Crippen molar-refractivity contribution in [3.05, 3.63) is 28.3 Å². The number of ether oxygens (including phenoxy) is 2. The van der Waals surface area contributed by atoms with Crippen molar-refractivity contribution in [1.82, 2.24) is 4.90 Å². The van der Waals surface area contributed by atoms with Crippen LogP contribution >= 0.6 is 0 Å². The van der Waals surface area contributed by atoms with Crippen molar-refractivity contribution in [3.8, 4) is 5.75 Å². The maximum Gasteiger partial charge on any atom is 0.296 e. The number of nitro benzene ring substituents is 1. The van der Waals surface area contributed by atoms with Crippen molar-refractivity contribution in [2.24, 2.45) is 0 Å². The molecule has 1 heterocycles. The highest BCUT2D eigenvalue weighted by atomic mass is 16.6. The van der Waals surface area contributed by atoms with Crippen molar-refractivity contribution in [2.75, 3.05) is 44.8 Å². The van der Waals surface area contributed by atoms with E-state index >= 15 is 0 Å². The predicted octanol–water partition coefficient (Wildman–Crippen LogP) is 1.26. The monoisotopic (exact) mass is 309 g/mol. The third-order valence-corrected chi connectivity index (χ3v) is 3.26. The Labute approximate surface area is 128 Å². The topological polar surface area (TPSA) is 93.9 Å². The third-order valence-electron chi connectivity index (χ3n) is 3.26. The molecule has 0 atom stereocenters. The lowest BCUT2D eigenvalue weighted by Gasteiger charge is -2.26. The van der Waals surface area contributed by atoms with Gasteiger partial charge in [-0.25, -0.2) is 0 Å². The van der Waals surface area contributed by atoms with Gasteiger partial charge in [0.25, 0.3) is 5.69 Å². The van der Waals surface area contributed by atoms with Gasteiger partial charge in [-0.3, -0.25) is 19.8 Å². The van der Waals surface area contributed by atoms with Gasteiger partial charge in [0.05, 0.1) is 24.2 Å². The van der Waals surface area contributed by atoms with Gasteiger partial charge in [-0.05, 0) is 12.1 Å². The van der Waals surface area contributed by atoms with Gasteiger partial charge in [0, 0.05) is 26.6 Å². The highest BCUT2D eigenvalue weighted by Gasteiger charge is 2.16. The fraction of sp³-hybridized carbons (Fsp3) is 0.500. The fourth-order valence-electron chi connectivity index (χ4n) is 2.17.